The van der Waals surface area contributed by atoms with Crippen LogP contribution in [-0.2, 0) is 33.1 Å². The highest BCUT2D eigenvalue weighted by Gasteiger charge is 2.41. The van der Waals surface area contributed by atoms with Crippen LogP contribution in [0.25, 0.3) is 11.1 Å². The molecule has 296 valence electrons. The number of rotatable bonds is 14. The maximum atomic E-state index is 16.7. The van der Waals surface area contributed by atoms with Gasteiger partial charge in [-0.15, -0.1) is 0 Å². The largest absolute Gasteiger partial charge is 0.466 e. The van der Waals surface area contributed by atoms with Gasteiger partial charge < -0.3 is 14.2 Å². The molecule has 1 saturated heterocycles. The predicted octanol–water partition coefficient (Wildman–Crippen LogP) is 9.43. The lowest BCUT2D eigenvalue weighted by Gasteiger charge is -2.31. The first-order valence-electron chi connectivity index (χ1n) is 17.6. The molecule has 0 N–H and O–H groups in total. The summed E-state index contributed by atoms with van der Waals surface area (Å²) in [6.07, 6.45) is -10.8. The Balaban J connectivity index is 1.93. The second-order valence-electron chi connectivity index (χ2n) is 14.3. The lowest BCUT2D eigenvalue weighted by molar-refractivity contribution is -0.143. The normalized spacial score (nSPS) is 15.0. The van der Waals surface area contributed by atoms with E-state index < -0.39 is 94.2 Å². The number of benzene rings is 2. The van der Waals surface area contributed by atoms with Crippen molar-refractivity contribution >= 4 is 11.8 Å². The Labute approximate surface area is 307 Å². The van der Waals surface area contributed by atoms with Gasteiger partial charge in [0.1, 0.15) is 17.5 Å². The summed E-state index contributed by atoms with van der Waals surface area (Å²) in [6.45, 7) is 10.1. The number of aryl methyl sites for hydroxylation is 2. The van der Waals surface area contributed by atoms with Crippen LogP contribution in [0.15, 0.2) is 29.2 Å². The molecule has 3 aromatic rings. The molecule has 1 aromatic heterocycles. The van der Waals surface area contributed by atoms with Gasteiger partial charge in [0.05, 0.1) is 30.2 Å². The molecular weight excluding hydrogens is 731 g/mol. The van der Waals surface area contributed by atoms with Crippen LogP contribution in [-0.4, -0.2) is 47.5 Å². The van der Waals surface area contributed by atoms with Crippen LogP contribution in [0.5, 0.6) is 0 Å². The minimum atomic E-state index is -5.41. The molecule has 4 rings (SSSR count). The molecule has 1 aliphatic rings. The number of ether oxygens (including phenoxy) is 1. The van der Waals surface area contributed by atoms with E-state index in [9.17, 15) is 40.7 Å². The molecule has 0 bridgehead atoms. The SMILES string of the molecule is CCOC(=O)C[C@H](CC(=O)C(CC(C)C)n1cc(CCN2CCC2)c(C(F)(F)F)cc1=O)c1c(F)c(-c2c(C)cc(C)c(F)c2C)cc(C(F)(F)F)c1F. The minimum Gasteiger partial charge on any atom is -0.466 e. The van der Waals surface area contributed by atoms with Gasteiger partial charge in [-0.3, -0.25) is 14.4 Å². The van der Waals surface area contributed by atoms with Crippen molar-refractivity contribution < 1.29 is 53.8 Å². The topological polar surface area (TPSA) is 68.6 Å². The average Bonchev–Trinajstić information content (AvgIpc) is 3.02. The lowest BCUT2D eigenvalue weighted by Crippen LogP contribution is -2.39. The van der Waals surface area contributed by atoms with Crippen LogP contribution in [0.1, 0.15) is 97.4 Å². The van der Waals surface area contributed by atoms with Gasteiger partial charge in [-0.25, -0.2) is 13.2 Å². The van der Waals surface area contributed by atoms with E-state index in [0.717, 1.165) is 17.2 Å². The monoisotopic (exact) mass is 774 g/mol. The number of hydrogen-bond donors (Lipinski definition) is 0. The number of hydrogen-bond acceptors (Lipinski definition) is 5. The zero-order chi connectivity index (χ0) is 40.4. The van der Waals surface area contributed by atoms with E-state index in [1.165, 1.54) is 33.8 Å². The van der Waals surface area contributed by atoms with Crippen LogP contribution >= 0.6 is 0 Å². The number of alkyl halides is 6. The molecule has 54 heavy (non-hydrogen) atoms. The quantitative estimate of drug-likeness (QED) is 0.121. The van der Waals surface area contributed by atoms with Crippen molar-refractivity contribution in [2.45, 2.75) is 98.0 Å². The Morgan fingerprint density at radius 3 is 2.02 bits per heavy atom. The third-order valence-electron chi connectivity index (χ3n) is 9.78. The number of likely N-dealkylation sites (tertiary alicyclic amines) is 1. The van der Waals surface area contributed by atoms with E-state index in [4.69, 9.17) is 4.74 Å². The summed E-state index contributed by atoms with van der Waals surface area (Å²) in [6, 6.07) is 0.348. The van der Waals surface area contributed by atoms with E-state index in [1.54, 1.807) is 13.8 Å². The number of aromatic nitrogens is 1. The van der Waals surface area contributed by atoms with Gasteiger partial charge in [0.2, 0.25) is 0 Å². The van der Waals surface area contributed by atoms with E-state index in [0.29, 0.717) is 19.2 Å². The highest BCUT2D eigenvalue weighted by atomic mass is 19.4. The van der Waals surface area contributed by atoms with E-state index >= 15 is 13.2 Å². The summed E-state index contributed by atoms with van der Waals surface area (Å²) < 4.78 is 139. The maximum Gasteiger partial charge on any atom is 0.419 e. The molecule has 1 fully saturated rings. The van der Waals surface area contributed by atoms with Gasteiger partial charge >= 0.3 is 18.3 Å². The zero-order valence-corrected chi connectivity index (χ0v) is 30.8. The van der Waals surface area contributed by atoms with Crippen LogP contribution in [0, 0.1) is 44.1 Å². The van der Waals surface area contributed by atoms with Crippen LogP contribution < -0.4 is 5.56 Å². The maximum absolute atomic E-state index is 16.7. The minimum absolute atomic E-state index is 0.120. The summed E-state index contributed by atoms with van der Waals surface area (Å²) in [5.41, 5.74) is -6.90. The molecule has 1 unspecified atom stereocenters. The van der Waals surface area contributed by atoms with E-state index in [-0.39, 0.29) is 65.8 Å². The van der Waals surface area contributed by atoms with Gasteiger partial charge in [-0.05, 0) is 99.8 Å². The summed E-state index contributed by atoms with van der Waals surface area (Å²) in [5, 5.41) is 0. The molecule has 2 aromatic carbocycles. The Bertz CT molecular complexity index is 1950. The number of halogens is 9. The Morgan fingerprint density at radius 2 is 1.48 bits per heavy atom. The predicted molar refractivity (Wildman–Crippen MR) is 184 cm³/mol. The molecule has 2 heterocycles. The fourth-order valence-corrected chi connectivity index (χ4v) is 7.09. The van der Waals surface area contributed by atoms with Gasteiger partial charge in [0.15, 0.2) is 5.78 Å². The molecule has 1 aliphatic heterocycles. The number of esters is 1. The molecule has 6 nitrogen and oxygen atoms in total. The number of carbonyl (C=O) groups is 2. The van der Waals surface area contributed by atoms with E-state index in [1.807, 2.05) is 4.90 Å². The number of carbonyl (C=O) groups excluding carboxylic acids is 2. The molecule has 0 amide bonds. The Kier molecular flexibility index (Phi) is 13.2. The summed E-state index contributed by atoms with van der Waals surface area (Å²) >= 11 is 0. The fraction of sp³-hybridized carbons (Fsp3) is 0.513. The Hall–Kier alpha value is -4.14. The van der Waals surface area contributed by atoms with Crippen molar-refractivity contribution in [3.8, 4) is 11.1 Å². The summed E-state index contributed by atoms with van der Waals surface area (Å²) in [4.78, 5) is 42.3. The van der Waals surface area contributed by atoms with Crippen LogP contribution in [0.4, 0.5) is 39.5 Å². The van der Waals surface area contributed by atoms with Gasteiger partial charge in [0, 0.05) is 42.3 Å². The third-order valence-corrected chi connectivity index (χ3v) is 9.78. The molecule has 0 spiro atoms. The van der Waals surface area contributed by atoms with Gasteiger partial charge in [0.25, 0.3) is 5.56 Å². The van der Waals surface area contributed by atoms with Crippen molar-refractivity contribution in [1.82, 2.24) is 9.47 Å². The summed E-state index contributed by atoms with van der Waals surface area (Å²) in [5.74, 6) is -8.92. The first-order valence-corrected chi connectivity index (χ1v) is 17.6. The van der Waals surface area contributed by atoms with Crippen molar-refractivity contribution in [2.24, 2.45) is 5.92 Å². The standard InChI is InChI=1S/C39H43F9N2O4/c1-7-54-32(53)16-25(34-36(41)26(17-28(37(34)42)39(46,47)48)33-21(4)14-22(5)35(40)23(33)6)15-30(51)29(13-20(2)3)50-19-24(9-12-49-10-8-11-49)27(18-31(50)52)38(43,44)45/h14,17-20,25,29H,7-13,15-16H2,1-6H3/t25-,29?/m0/s1. The Morgan fingerprint density at radius 1 is 0.852 bits per heavy atom. The van der Waals surface area contributed by atoms with Gasteiger partial charge in [-0.1, -0.05) is 19.9 Å². The van der Waals surface area contributed by atoms with Gasteiger partial charge in [-0.2, -0.15) is 26.3 Å². The number of Topliss-reactive ketones (excluding diaryl/α,β-unsaturated/α-hetero) is 1. The number of pyridine rings is 1. The van der Waals surface area contributed by atoms with Crippen molar-refractivity contribution in [2.75, 3.05) is 26.2 Å². The highest BCUT2D eigenvalue weighted by molar-refractivity contribution is 5.85. The van der Waals surface area contributed by atoms with Crippen molar-refractivity contribution in [1.29, 1.82) is 0 Å². The molecular formula is C39H43F9N2O4. The van der Waals surface area contributed by atoms with Crippen LogP contribution in [0.3, 0.4) is 0 Å². The lowest BCUT2D eigenvalue weighted by atomic mass is 9.82. The number of nitrogens with zero attached hydrogens (tertiary/aromatic N) is 2. The average molecular weight is 775 g/mol. The fourth-order valence-electron chi connectivity index (χ4n) is 7.09. The van der Waals surface area contributed by atoms with Crippen molar-refractivity contribution in [3.05, 3.63) is 91.1 Å². The smallest absolute Gasteiger partial charge is 0.419 e. The molecule has 0 radical (unpaired) electrons. The zero-order valence-electron chi connectivity index (χ0n) is 30.8. The van der Waals surface area contributed by atoms with E-state index in [2.05, 4.69) is 0 Å². The molecule has 0 aliphatic carbocycles. The number of ketones is 1. The first-order chi connectivity index (χ1) is 25.1. The molecule has 2 atom stereocenters. The van der Waals surface area contributed by atoms with Crippen molar-refractivity contribution in [3.63, 3.8) is 0 Å². The molecule has 15 heteroatoms. The molecule has 0 saturated carbocycles. The first kappa shape index (κ1) is 42.6. The third kappa shape index (κ3) is 9.38. The second kappa shape index (κ2) is 16.7. The highest BCUT2D eigenvalue weighted by Crippen LogP contribution is 2.44. The van der Waals surface area contributed by atoms with Crippen LogP contribution in [0.2, 0.25) is 0 Å². The summed E-state index contributed by atoms with van der Waals surface area (Å²) in [7, 11) is 0. The second-order valence-corrected chi connectivity index (χ2v) is 14.3.